The summed E-state index contributed by atoms with van der Waals surface area (Å²) in [6.45, 7) is 5.28. The summed E-state index contributed by atoms with van der Waals surface area (Å²) < 4.78 is 0. The Hall–Kier alpha value is -0.530. The van der Waals surface area contributed by atoms with E-state index in [9.17, 15) is 0 Å². The van der Waals surface area contributed by atoms with Gasteiger partial charge in [-0.15, -0.1) is 0 Å². The molecule has 2 heteroatoms. The van der Waals surface area contributed by atoms with E-state index in [0.29, 0.717) is 6.04 Å². The number of benzene rings is 1. The Morgan fingerprint density at radius 3 is 2.69 bits per heavy atom. The van der Waals surface area contributed by atoms with E-state index in [-0.39, 0.29) is 0 Å². The van der Waals surface area contributed by atoms with Gasteiger partial charge in [-0.05, 0) is 49.4 Å². The number of hydrogen-bond donors (Lipinski definition) is 1. The van der Waals surface area contributed by atoms with Gasteiger partial charge in [0.1, 0.15) is 0 Å². The lowest BCUT2D eigenvalue weighted by atomic mass is 9.77. The molecule has 0 aliphatic heterocycles. The van der Waals surface area contributed by atoms with Crippen molar-refractivity contribution in [3.05, 3.63) is 34.3 Å². The number of halogens is 1. The fraction of sp³-hybridized carbons (Fsp3) is 0.571. The molecule has 1 nitrogen and oxygen atoms in total. The first-order valence-corrected chi connectivity index (χ1v) is 6.59. The minimum Gasteiger partial charge on any atom is -0.310 e. The van der Waals surface area contributed by atoms with Gasteiger partial charge in [-0.2, -0.15) is 0 Å². The molecule has 0 radical (unpaired) electrons. The van der Waals surface area contributed by atoms with Gasteiger partial charge in [-0.3, -0.25) is 0 Å². The maximum atomic E-state index is 6.07. The van der Waals surface area contributed by atoms with E-state index >= 15 is 0 Å². The molecular weight excluding hydrogens is 218 g/mol. The molecule has 0 spiro atoms. The smallest absolute Gasteiger partial charge is 0.0435 e. The first-order chi connectivity index (χ1) is 7.72. The van der Waals surface area contributed by atoms with Crippen LogP contribution >= 0.6 is 11.6 Å². The Kier molecular flexibility index (Phi) is 3.88. The lowest BCUT2D eigenvalue weighted by Gasteiger charge is -2.34. The van der Waals surface area contributed by atoms with Crippen molar-refractivity contribution in [1.82, 2.24) is 5.32 Å². The molecule has 1 fully saturated rings. The van der Waals surface area contributed by atoms with E-state index in [1.807, 2.05) is 6.07 Å². The van der Waals surface area contributed by atoms with Gasteiger partial charge in [0.25, 0.3) is 0 Å². The average Bonchev–Trinajstić information content (AvgIpc) is 2.19. The second-order valence-electron chi connectivity index (χ2n) is 4.73. The Labute approximate surface area is 103 Å². The van der Waals surface area contributed by atoms with Crippen LogP contribution in [0.15, 0.2) is 18.2 Å². The first-order valence-electron chi connectivity index (χ1n) is 6.21. The van der Waals surface area contributed by atoms with Crippen molar-refractivity contribution < 1.29 is 0 Å². The highest BCUT2D eigenvalue weighted by Crippen LogP contribution is 2.38. The van der Waals surface area contributed by atoms with Gasteiger partial charge in [-0.1, -0.05) is 37.1 Å². The Balaban J connectivity index is 2.20. The van der Waals surface area contributed by atoms with Gasteiger partial charge >= 0.3 is 0 Å². The van der Waals surface area contributed by atoms with Crippen molar-refractivity contribution in [2.45, 2.75) is 39.2 Å². The van der Waals surface area contributed by atoms with Crippen molar-refractivity contribution in [2.75, 3.05) is 6.54 Å². The summed E-state index contributed by atoms with van der Waals surface area (Å²) in [5.41, 5.74) is 2.58. The van der Waals surface area contributed by atoms with Crippen molar-refractivity contribution in [1.29, 1.82) is 0 Å². The Morgan fingerprint density at radius 2 is 2.19 bits per heavy atom. The van der Waals surface area contributed by atoms with Gasteiger partial charge in [-0.25, -0.2) is 0 Å². The van der Waals surface area contributed by atoms with Crippen LogP contribution < -0.4 is 5.32 Å². The summed E-state index contributed by atoms with van der Waals surface area (Å²) in [7, 11) is 0. The van der Waals surface area contributed by atoms with Gasteiger partial charge in [0.05, 0.1) is 0 Å². The highest BCUT2D eigenvalue weighted by Gasteiger charge is 2.27. The monoisotopic (exact) mass is 237 g/mol. The summed E-state index contributed by atoms with van der Waals surface area (Å²) in [5, 5.41) is 4.47. The molecule has 1 aliphatic rings. The molecule has 0 amide bonds. The number of aryl methyl sites for hydroxylation is 1. The number of rotatable bonds is 4. The minimum atomic E-state index is 0.523. The third-order valence-electron chi connectivity index (χ3n) is 3.59. The maximum absolute atomic E-state index is 6.07. The van der Waals surface area contributed by atoms with E-state index in [1.165, 1.54) is 30.4 Å². The van der Waals surface area contributed by atoms with Crippen LogP contribution in [-0.2, 0) is 0 Å². The first kappa shape index (κ1) is 11.9. The number of nitrogens with one attached hydrogen (secondary N) is 1. The van der Waals surface area contributed by atoms with Crippen LogP contribution in [0.5, 0.6) is 0 Å². The summed E-state index contributed by atoms with van der Waals surface area (Å²) in [6, 6.07) is 6.94. The molecule has 1 saturated carbocycles. The zero-order chi connectivity index (χ0) is 11.5. The predicted molar refractivity (Wildman–Crippen MR) is 69.9 cm³/mol. The third-order valence-corrected chi connectivity index (χ3v) is 4.01. The summed E-state index contributed by atoms with van der Waals surface area (Å²) >= 11 is 6.07. The molecule has 2 rings (SSSR count). The van der Waals surface area contributed by atoms with Gasteiger partial charge in [0.2, 0.25) is 0 Å². The van der Waals surface area contributed by atoms with Crippen LogP contribution in [0.4, 0.5) is 0 Å². The fourth-order valence-corrected chi connectivity index (χ4v) is 2.53. The van der Waals surface area contributed by atoms with E-state index in [0.717, 1.165) is 17.5 Å². The quantitative estimate of drug-likeness (QED) is 0.832. The molecule has 0 aromatic heterocycles. The number of hydrogen-bond acceptors (Lipinski definition) is 1. The molecule has 0 bridgehead atoms. The molecule has 88 valence electrons. The third kappa shape index (κ3) is 2.41. The van der Waals surface area contributed by atoms with E-state index < -0.39 is 0 Å². The Bertz CT molecular complexity index is 358. The summed E-state index contributed by atoms with van der Waals surface area (Å²) in [5.74, 6) is 0.820. The van der Waals surface area contributed by atoms with Gasteiger partial charge in [0, 0.05) is 11.1 Å². The van der Waals surface area contributed by atoms with Crippen molar-refractivity contribution >= 4 is 11.6 Å². The fourth-order valence-electron chi connectivity index (χ4n) is 2.41. The largest absolute Gasteiger partial charge is 0.310 e. The van der Waals surface area contributed by atoms with Crippen LogP contribution in [0.1, 0.15) is 43.4 Å². The second-order valence-corrected chi connectivity index (χ2v) is 5.14. The lowest BCUT2D eigenvalue weighted by molar-refractivity contribution is 0.233. The SMILES string of the molecule is CCNC(c1ccc(Cl)c(C)c1)C1CCC1. The van der Waals surface area contributed by atoms with Crippen LogP contribution in [0.2, 0.25) is 5.02 Å². The molecular formula is C14H20ClN. The molecule has 1 aromatic rings. The molecule has 1 aliphatic carbocycles. The van der Waals surface area contributed by atoms with Crippen LogP contribution in [0.25, 0.3) is 0 Å². The zero-order valence-electron chi connectivity index (χ0n) is 10.1. The molecule has 1 aromatic carbocycles. The van der Waals surface area contributed by atoms with E-state index in [2.05, 4.69) is 31.3 Å². The summed E-state index contributed by atoms with van der Waals surface area (Å²) in [6.07, 6.45) is 4.11. The van der Waals surface area contributed by atoms with E-state index in [1.54, 1.807) is 0 Å². The summed E-state index contributed by atoms with van der Waals surface area (Å²) in [4.78, 5) is 0. The zero-order valence-corrected chi connectivity index (χ0v) is 10.8. The molecule has 0 saturated heterocycles. The molecule has 1 atom stereocenters. The van der Waals surface area contributed by atoms with Crippen LogP contribution in [0, 0.1) is 12.8 Å². The second kappa shape index (κ2) is 5.20. The van der Waals surface area contributed by atoms with Gasteiger partial charge < -0.3 is 5.32 Å². The maximum Gasteiger partial charge on any atom is 0.0435 e. The van der Waals surface area contributed by atoms with E-state index in [4.69, 9.17) is 11.6 Å². The predicted octanol–water partition coefficient (Wildman–Crippen LogP) is 4.10. The highest BCUT2D eigenvalue weighted by atomic mass is 35.5. The Morgan fingerprint density at radius 1 is 1.44 bits per heavy atom. The van der Waals surface area contributed by atoms with Crippen molar-refractivity contribution in [3.8, 4) is 0 Å². The van der Waals surface area contributed by atoms with Crippen LogP contribution in [-0.4, -0.2) is 6.54 Å². The standard InChI is InChI=1S/C14H20ClN/c1-3-16-14(11-5-4-6-11)12-7-8-13(15)10(2)9-12/h7-9,11,14,16H,3-6H2,1-2H3. The topological polar surface area (TPSA) is 12.0 Å². The van der Waals surface area contributed by atoms with Crippen LogP contribution in [0.3, 0.4) is 0 Å². The lowest BCUT2D eigenvalue weighted by Crippen LogP contribution is -2.32. The van der Waals surface area contributed by atoms with Crippen molar-refractivity contribution in [2.24, 2.45) is 5.92 Å². The minimum absolute atomic E-state index is 0.523. The highest BCUT2D eigenvalue weighted by molar-refractivity contribution is 6.31. The molecule has 1 N–H and O–H groups in total. The molecule has 16 heavy (non-hydrogen) atoms. The average molecular weight is 238 g/mol. The van der Waals surface area contributed by atoms with Crippen molar-refractivity contribution in [3.63, 3.8) is 0 Å². The van der Waals surface area contributed by atoms with Gasteiger partial charge in [0.15, 0.2) is 0 Å². The molecule has 0 heterocycles. The normalized spacial score (nSPS) is 18.2. The molecule has 1 unspecified atom stereocenters.